The minimum absolute atomic E-state index is 0.112. The molecule has 2 aliphatic heterocycles. The van der Waals surface area contributed by atoms with Gasteiger partial charge in [-0.2, -0.15) is 0 Å². The number of non-ortho nitro benzene ring substituents is 1. The van der Waals surface area contributed by atoms with E-state index in [1.165, 1.54) is 17.2 Å². The number of benzene rings is 3. The summed E-state index contributed by atoms with van der Waals surface area (Å²) in [4.78, 5) is 45.0. The fourth-order valence-corrected chi connectivity index (χ4v) is 4.54. The molecule has 3 atom stereocenters. The molecule has 0 saturated carbocycles. The molecule has 2 heterocycles. The maximum absolute atomic E-state index is 13.6. The Kier molecular flexibility index (Phi) is 5.11. The summed E-state index contributed by atoms with van der Waals surface area (Å²) in [7, 11) is 0. The average molecular weight is 464 g/mol. The fraction of sp³-hybridized carbons (Fsp3) is 0.167. The number of hydroxylamine groups is 1. The number of imide groups is 1. The lowest BCUT2D eigenvalue weighted by molar-refractivity contribution is -0.384. The van der Waals surface area contributed by atoms with Crippen LogP contribution in [0.5, 0.6) is 0 Å². The lowest BCUT2D eigenvalue weighted by Gasteiger charge is -2.28. The van der Waals surface area contributed by atoms with Gasteiger partial charge in [-0.05, 0) is 54.4 Å². The van der Waals surface area contributed by atoms with Crippen molar-refractivity contribution in [2.75, 3.05) is 9.96 Å². The fourth-order valence-electron chi connectivity index (χ4n) is 4.41. The zero-order valence-corrected chi connectivity index (χ0v) is 18.2. The first kappa shape index (κ1) is 21.1. The first-order chi connectivity index (χ1) is 15.8. The quantitative estimate of drug-likeness (QED) is 0.319. The van der Waals surface area contributed by atoms with Crippen LogP contribution < -0.4 is 9.96 Å². The number of rotatable bonds is 4. The number of hydrogen-bond donors (Lipinski definition) is 0. The van der Waals surface area contributed by atoms with Gasteiger partial charge in [-0.3, -0.25) is 24.5 Å². The molecule has 0 aliphatic carbocycles. The number of fused-ring (bicyclic) bond motifs is 1. The molecule has 9 heteroatoms. The predicted molar refractivity (Wildman–Crippen MR) is 122 cm³/mol. The van der Waals surface area contributed by atoms with Crippen LogP contribution in [0.3, 0.4) is 0 Å². The van der Waals surface area contributed by atoms with Gasteiger partial charge >= 0.3 is 0 Å². The Morgan fingerprint density at radius 1 is 0.939 bits per heavy atom. The van der Waals surface area contributed by atoms with E-state index in [9.17, 15) is 19.7 Å². The Morgan fingerprint density at radius 2 is 1.67 bits per heavy atom. The molecular formula is C24H18ClN3O5. The van der Waals surface area contributed by atoms with Crippen molar-refractivity contribution in [3.05, 3.63) is 99.1 Å². The van der Waals surface area contributed by atoms with Gasteiger partial charge in [0.1, 0.15) is 5.92 Å². The molecule has 33 heavy (non-hydrogen) atoms. The molecule has 0 radical (unpaired) electrons. The molecule has 166 valence electrons. The summed E-state index contributed by atoms with van der Waals surface area (Å²) in [6.45, 7) is 1.88. The number of carbonyl (C=O) groups is 2. The molecule has 3 aromatic rings. The van der Waals surface area contributed by atoms with Crippen molar-refractivity contribution < 1.29 is 19.3 Å². The van der Waals surface area contributed by atoms with Crippen molar-refractivity contribution >= 4 is 40.5 Å². The van der Waals surface area contributed by atoms with Crippen LogP contribution in [0.15, 0.2) is 72.8 Å². The lowest BCUT2D eigenvalue weighted by Crippen LogP contribution is -2.37. The lowest BCUT2D eigenvalue weighted by atomic mass is 9.90. The summed E-state index contributed by atoms with van der Waals surface area (Å²) in [5, 5.41) is 13.4. The number of nitrogens with zero attached hydrogens (tertiary/aromatic N) is 3. The summed E-state index contributed by atoms with van der Waals surface area (Å²) in [5.41, 5.74) is 2.34. The topological polar surface area (TPSA) is 93.0 Å². The monoisotopic (exact) mass is 463 g/mol. The van der Waals surface area contributed by atoms with Gasteiger partial charge in [0.2, 0.25) is 5.91 Å². The molecule has 8 nitrogen and oxygen atoms in total. The minimum atomic E-state index is -1.06. The smallest absolute Gasteiger partial charge is 0.269 e. The summed E-state index contributed by atoms with van der Waals surface area (Å²) in [5.74, 6) is -1.76. The van der Waals surface area contributed by atoms with E-state index in [0.29, 0.717) is 22.0 Å². The standard InChI is InChI=1S/C24H18ClN3O5/c1-14-4-2-6-18(12-14)26-23(29)20-21(15-5-3-7-19(13-15)28(31)32)27(33-22(20)24(26)30)17-10-8-16(25)9-11-17/h2-13,20-22H,1H3. The van der Waals surface area contributed by atoms with Crippen molar-refractivity contribution in [1.29, 1.82) is 0 Å². The number of nitro groups is 1. The Morgan fingerprint density at radius 3 is 2.36 bits per heavy atom. The predicted octanol–water partition coefficient (Wildman–Crippen LogP) is 4.61. The molecule has 2 aliphatic rings. The number of anilines is 2. The summed E-state index contributed by atoms with van der Waals surface area (Å²) < 4.78 is 0. The number of nitro benzene ring substituents is 1. The van der Waals surface area contributed by atoms with Gasteiger partial charge in [-0.25, -0.2) is 9.96 Å². The molecule has 0 bridgehead atoms. The highest BCUT2D eigenvalue weighted by atomic mass is 35.5. The van der Waals surface area contributed by atoms with Crippen LogP contribution in [0, 0.1) is 23.0 Å². The minimum Gasteiger partial charge on any atom is -0.273 e. The van der Waals surface area contributed by atoms with Gasteiger partial charge in [0, 0.05) is 17.2 Å². The normalized spacial score (nSPS) is 22.1. The molecule has 5 rings (SSSR count). The van der Waals surface area contributed by atoms with Crippen LogP contribution in [0.2, 0.25) is 5.02 Å². The molecule has 3 unspecified atom stereocenters. The summed E-state index contributed by atoms with van der Waals surface area (Å²) in [6.07, 6.45) is -1.06. The van der Waals surface area contributed by atoms with E-state index in [4.69, 9.17) is 16.4 Å². The summed E-state index contributed by atoms with van der Waals surface area (Å²) >= 11 is 6.02. The third kappa shape index (κ3) is 3.53. The van der Waals surface area contributed by atoms with Gasteiger partial charge in [0.25, 0.3) is 11.6 Å². The second-order valence-electron chi connectivity index (χ2n) is 8.00. The average Bonchev–Trinajstić information content (AvgIpc) is 3.30. The zero-order valence-electron chi connectivity index (χ0n) is 17.4. The second-order valence-corrected chi connectivity index (χ2v) is 8.44. The van der Waals surface area contributed by atoms with Crippen LogP contribution in [0.4, 0.5) is 17.1 Å². The van der Waals surface area contributed by atoms with E-state index in [-0.39, 0.29) is 5.69 Å². The van der Waals surface area contributed by atoms with Crippen molar-refractivity contribution in [2.24, 2.45) is 5.92 Å². The third-order valence-electron chi connectivity index (χ3n) is 5.88. The van der Waals surface area contributed by atoms with E-state index in [1.54, 1.807) is 54.6 Å². The van der Waals surface area contributed by atoms with Crippen LogP contribution in [0.1, 0.15) is 17.2 Å². The van der Waals surface area contributed by atoms with Crippen molar-refractivity contribution in [3.63, 3.8) is 0 Å². The maximum Gasteiger partial charge on any atom is 0.269 e. The third-order valence-corrected chi connectivity index (χ3v) is 6.13. The molecular weight excluding hydrogens is 446 g/mol. The highest BCUT2D eigenvalue weighted by molar-refractivity contribution is 6.30. The molecule has 2 fully saturated rings. The van der Waals surface area contributed by atoms with Crippen LogP contribution in [-0.4, -0.2) is 22.8 Å². The van der Waals surface area contributed by atoms with E-state index in [1.807, 2.05) is 13.0 Å². The van der Waals surface area contributed by atoms with Crippen LogP contribution >= 0.6 is 11.6 Å². The number of carbonyl (C=O) groups excluding carboxylic acids is 2. The van der Waals surface area contributed by atoms with Crippen LogP contribution in [-0.2, 0) is 14.4 Å². The van der Waals surface area contributed by atoms with Gasteiger partial charge < -0.3 is 0 Å². The van der Waals surface area contributed by atoms with Gasteiger partial charge in [0.15, 0.2) is 6.10 Å². The molecule has 0 spiro atoms. The van der Waals surface area contributed by atoms with E-state index in [0.717, 1.165) is 10.5 Å². The first-order valence-electron chi connectivity index (χ1n) is 10.3. The van der Waals surface area contributed by atoms with E-state index in [2.05, 4.69) is 0 Å². The first-order valence-corrected chi connectivity index (χ1v) is 10.6. The van der Waals surface area contributed by atoms with Crippen molar-refractivity contribution in [2.45, 2.75) is 19.1 Å². The largest absolute Gasteiger partial charge is 0.273 e. The number of amides is 2. The second kappa shape index (κ2) is 7.99. The molecule has 2 amide bonds. The van der Waals surface area contributed by atoms with E-state index >= 15 is 0 Å². The van der Waals surface area contributed by atoms with Gasteiger partial charge in [-0.1, -0.05) is 35.9 Å². The molecule has 3 aromatic carbocycles. The highest BCUT2D eigenvalue weighted by Gasteiger charge is 2.60. The Labute approximate surface area is 194 Å². The van der Waals surface area contributed by atoms with Crippen molar-refractivity contribution in [3.8, 4) is 0 Å². The Balaban J connectivity index is 1.61. The van der Waals surface area contributed by atoms with Crippen LogP contribution in [0.25, 0.3) is 0 Å². The molecule has 2 saturated heterocycles. The van der Waals surface area contributed by atoms with E-state index < -0.39 is 34.8 Å². The Bertz CT molecular complexity index is 1280. The van der Waals surface area contributed by atoms with Gasteiger partial charge in [0.05, 0.1) is 22.3 Å². The zero-order chi connectivity index (χ0) is 23.3. The number of halogens is 1. The SMILES string of the molecule is Cc1cccc(N2C(=O)C3ON(c4ccc(Cl)cc4)C(c4cccc([N+](=O)[O-])c4)C3C2=O)c1. The molecule has 0 aromatic heterocycles. The summed E-state index contributed by atoms with van der Waals surface area (Å²) in [6, 6.07) is 19.2. The van der Waals surface area contributed by atoms with Crippen molar-refractivity contribution in [1.82, 2.24) is 0 Å². The molecule has 0 N–H and O–H groups in total. The number of hydrogen-bond acceptors (Lipinski definition) is 6. The highest BCUT2D eigenvalue weighted by Crippen LogP contribution is 2.48. The van der Waals surface area contributed by atoms with Gasteiger partial charge in [-0.15, -0.1) is 0 Å². The maximum atomic E-state index is 13.6. The Hall–Kier alpha value is -3.75. The number of aryl methyl sites for hydroxylation is 1.